The first kappa shape index (κ1) is 16.9. The van der Waals surface area contributed by atoms with E-state index in [1.165, 1.54) is 18.0 Å². The van der Waals surface area contributed by atoms with Gasteiger partial charge in [0.1, 0.15) is 22.2 Å². The van der Waals surface area contributed by atoms with Gasteiger partial charge in [0.15, 0.2) is 0 Å². The molecule has 0 radical (unpaired) electrons. The van der Waals surface area contributed by atoms with Gasteiger partial charge in [-0.15, -0.1) is 0 Å². The summed E-state index contributed by atoms with van der Waals surface area (Å²) in [5.74, 6) is 7.57. The van der Waals surface area contributed by atoms with Crippen LogP contribution in [-0.2, 0) is 15.6 Å². The van der Waals surface area contributed by atoms with E-state index >= 15 is 0 Å². The molecule has 1 N–H and O–H groups in total. The quantitative estimate of drug-likeness (QED) is 0.634. The molecule has 1 rings (SSSR count). The molecule has 0 fully saturated rings. The van der Waals surface area contributed by atoms with Crippen LogP contribution in [0.5, 0.6) is 5.75 Å². The summed E-state index contributed by atoms with van der Waals surface area (Å²) in [6.07, 6.45) is 1.24. The number of hydrogen-bond acceptors (Lipinski definition) is 5. The van der Waals surface area contributed by atoms with Crippen LogP contribution in [0.25, 0.3) is 0 Å². The molecule has 0 aliphatic heterocycles. The highest BCUT2D eigenvalue weighted by molar-refractivity contribution is 7.99. The zero-order valence-electron chi connectivity index (χ0n) is 11.5. The van der Waals surface area contributed by atoms with Crippen LogP contribution in [0.4, 0.5) is 0 Å². The summed E-state index contributed by atoms with van der Waals surface area (Å²) in [6, 6.07) is 5.55. The zero-order valence-corrected chi connectivity index (χ0v) is 13.2. The number of thioether (sulfide) groups is 1. The molecule has 110 valence electrons. The van der Waals surface area contributed by atoms with Crippen molar-refractivity contribution in [3.8, 4) is 17.6 Å². The van der Waals surface area contributed by atoms with Gasteiger partial charge in [-0.25, -0.2) is 8.42 Å². The lowest BCUT2D eigenvalue weighted by Crippen LogP contribution is -2.05. The van der Waals surface area contributed by atoms with Crippen molar-refractivity contribution in [1.82, 2.24) is 0 Å². The summed E-state index contributed by atoms with van der Waals surface area (Å²) in [7, 11) is -1.32. The molecule has 0 aromatic heterocycles. The average Bonchev–Trinajstić information content (AvgIpc) is 2.40. The molecule has 0 saturated carbocycles. The molecule has 0 unspecified atom stereocenters. The fourth-order valence-electron chi connectivity index (χ4n) is 1.50. The highest BCUT2D eigenvalue weighted by atomic mass is 32.2. The normalized spacial score (nSPS) is 10.8. The van der Waals surface area contributed by atoms with Crippen LogP contribution in [0, 0.1) is 11.8 Å². The maximum atomic E-state index is 11.1. The average molecular weight is 314 g/mol. The second-order valence-corrected chi connectivity index (χ2v) is 7.53. The number of rotatable bonds is 6. The summed E-state index contributed by atoms with van der Waals surface area (Å²) < 4.78 is 27.4. The summed E-state index contributed by atoms with van der Waals surface area (Å²) in [5.41, 5.74) is 1.77. The van der Waals surface area contributed by atoms with Gasteiger partial charge in [-0.05, 0) is 18.2 Å². The van der Waals surface area contributed by atoms with Crippen LogP contribution >= 0.6 is 11.8 Å². The molecular weight excluding hydrogens is 296 g/mol. The number of methoxy groups -OCH3 is 1. The third-order valence-electron chi connectivity index (χ3n) is 2.45. The minimum absolute atomic E-state index is 0.171. The first-order valence-electron chi connectivity index (χ1n) is 5.98. The molecule has 20 heavy (non-hydrogen) atoms. The number of aliphatic hydroxyl groups is 1. The smallest absolute Gasteiger partial charge is 0.148 e. The molecule has 0 saturated heterocycles. The first-order valence-corrected chi connectivity index (χ1v) is 9.20. The van der Waals surface area contributed by atoms with Crippen molar-refractivity contribution in [2.75, 3.05) is 31.5 Å². The summed E-state index contributed by atoms with van der Waals surface area (Å²) in [4.78, 5) is 0. The highest BCUT2D eigenvalue weighted by Gasteiger charge is 2.06. The van der Waals surface area contributed by atoms with Crippen LogP contribution in [0.1, 0.15) is 11.1 Å². The van der Waals surface area contributed by atoms with Crippen LogP contribution < -0.4 is 4.74 Å². The Bertz CT molecular complexity index is 597. The van der Waals surface area contributed by atoms with Crippen molar-refractivity contribution in [2.24, 2.45) is 0 Å². The minimum Gasteiger partial charge on any atom is -0.496 e. The standard InChI is InChI=1S/C14H18O4S2/c1-18-14-6-5-12(4-3-7-15)10-13(14)11-19-8-9-20(2,16)17/h5-6,10,15H,7-9,11H2,1-2H3. The second-order valence-electron chi connectivity index (χ2n) is 4.17. The fraction of sp³-hybridized carbons (Fsp3) is 0.429. The van der Waals surface area contributed by atoms with Crippen LogP contribution in [0.15, 0.2) is 18.2 Å². The van der Waals surface area contributed by atoms with E-state index in [4.69, 9.17) is 9.84 Å². The van der Waals surface area contributed by atoms with Crippen molar-refractivity contribution in [2.45, 2.75) is 5.75 Å². The number of sulfone groups is 1. The van der Waals surface area contributed by atoms with Crippen molar-refractivity contribution in [1.29, 1.82) is 0 Å². The SMILES string of the molecule is COc1ccc(C#CCO)cc1CSCCS(C)(=O)=O. The number of aliphatic hydroxyl groups excluding tert-OH is 1. The minimum atomic E-state index is -2.92. The molecule has 6 heteroatoms. The Labute approximate surface area is 124 Å². The van der Waals surface area contributed by atoms with Gasteiger partial charge in [-0.1, -0.05) is 11.8 Å². The van der Waals surface area contributed by atoms with Crippen molar-refractivity contribution in [3.63, 3.8) is 0 Å². The molecule has 0 bridgehead atoms. The van der Waals surface area contributed by atoms with Crippen molar-refractivity contribution in [3.05, 3.63) is 29.3 Å². The summed E-state index contributed by atoms with van der Waals surface area (Å²) >= 11 is 1.54. The van der Waals surface area contributed by atoms with Gasteiger partial charge >= 0.3 is 0 Å². The molecular formula is C14H18O4S2. The topological polar surface area (TPSA) is 63.6 Å². The van der Waals surface area contributed by atoms with E-state index in [1.54, 1.807) is 7.11 Å². The van der Waals surface area contributed by atoms with Crippen molar-refractivity contribution < 1.29 is 18.3 Å². The van der Waals surface area contributed by atoms with E-state index in [-0.39, 0.29) is 12.4 Å². The largest absolute Gasteiger partial charge is 0.496 e. The van der Waals surface area contributed by atoms with E-state index in [1.807, 2.05) is 18.2 Å². The highest BCUT2D eigenvalue weighted by Crippen LogP contribution is 2.24. The molecule has 4 nitrogen and oxygen atoms in total. The molecule has 0 aliphatic rings. The number of hydrogen-bond donors (Lipinski definition) is 1. The van der Waals surface area contributed by atoms with Crippen LogP contribution in [-0.4, -0.2) is 45.0 Å². The first-order chi connectivity index (χ1) is 9.46. The Kier molecular flexibility index (Phi) is 6.93. The van der Waals surface area contributed by atoms with E-state index in [0.29, 0.717) is 11.5 Å². The monoisotopic (exact) mass is 314 g/mol. The van der Waals surface area contributed by atoms with Gasteiger partial charge in [-0.3, -0.25) is 0 Å². The van der Waals surface area contributed by atoms with E-state index in [2.05, 4.69) is 11.8 Å². The predicted octanol–water partition coefficient (Wildman–Crippen LogP) is 1.32. The predicted molar refractivity (Wildman–Crippen MR) is 82.8 cm³/mol. The summed E-state index contributed by atoms with van der Waals surface area (Å²) in [6.45, 7) is -0.176. The Morgan fingerprint density at radius 1 is 1.40 bits per heavy atom. The molecule has 0 spiro atoms. The Hall–Kier alpha value is -1.16. The van der Waals surface area contributed by atoms with E-state index < -0.39 is 9.84 Å². The molecule has 1 aromatic rings. The Balaban J connectivity index is 2.71. The van der Waals surface area contributed by atoms with Gasteiger partial charge in [-0.2, -0.15) is 11.8 Å². The number of ether oxygens (including phenoxy) is 1. The lowest BCUT2D eigenvalue weighted by molar-refractivity contribution is 0.350. The maximum Gasteiger partial charge on any atom is 0.148 e. The van der Waals surface area contributed by atoms with Gasteiger partial charge in [0.2, 0.25) is 0 Å². The van der Waals surface area contributed by atoms with Crippen molar-refractivity contribution >= 4 is 21.6 Å². The Morgan fingerprint density at radius 3 is 2.75 bits per heavy atom. The maximum absolute atomic E-state index is 11.1. The van der Waals surface area contributed by atoms with E-state index in [9.17, 15) is 8.42 Å². The van der Waals surface area contributed by atoms with Gasteiger partial charge < -0.3 is 9.84 Å². The van der Waals surface area contributed by atoms with Gasteiger partial charge in [0.25, 0.3) is 0 Å². The van der Waals surface area contributed by atoms with Crippen LogP contribution in [0.2, 0.25) is 0 Å². The third-order valence-corrected chi connectivity index (χ3v) is 4.66. The molecule has 0 heterocycles. The van der Waals surface area contributed by atoms with Crippen LogP contribution in [0.3, 0.4) is 0 Å². The molecule has 0 atom stereocenters. The zero-order chi connectivity index (χ0) is 15.0. The molecule has 0 aliphatic carbocycles. The van der Waals surface area contributed by atoms with Gasteiger partial charge in [0.05, 0.1) is 12.9 Å². The molecule has 1 aromatic carbocycles. The number of benzene rings is 1. The lowest BCUT2D eigenvalue weighted by Gasteiger charge is -2.08. The third kappa shape index (κ3) is 6.33. The Morgan fingerprint density at radius 2 is 2.15 bits per heavy atom. The van der Waals surface area contributed by atoms with E-state index in [0.717, 1.165) is 16.9 Å². The van der Waals surface area contributed by atoms with Gasteiger partial charge in [0, 0.05) is 28.9 Å². The fourth-order valence-corrected chi connectivity index (χ4v) is 3.78. The lowest BCUT2D eigenvalue weighted by atomic mass is 10.1. The summed E-state index contributed by atoms with van der Waals surface area (Å²) in [5, 5.41) is 8.69. The molecule has 0 amide bonds. The second kappa shape index (κ2) is 8.20.